The van der Waals surface area contributed by atoms with Crippen molar-refractivity contribution in [2.45, 2.75) is 6.92 Å². The molecule has 0 unspecified atom stereocenters. The van der Waals surface area contributed by atoms with E-state index in [9.17, 15) is 13.2 Å². The van der Waals surface area contributed by atoms with Crippen LogP contribution in [0.25, 0.3) is 0 Å². The molecule has 0 fully saturated rings. The van der Waals surface area contributed by atoms with Gasteiger partial charge in [0.25, 0.3) is 0 Å². The van der Waals surface area contributed by atoms with Crippen LogP contribution in [0.3, 0.4) is 0 Å². The minimum absolute atomic E-state index is 0.149. The zero-order valence-electron chi connectivity index (χ0n) is 10.7. The molecule has 0 atom stereocenters. The van der Waals surface area contributed by atoms with Crippen molar-refractivity contribution in [1.82, 2.24) is 4.98 Å². The molecular formula is C13H13F3N4. The summed E-state index contributed by atoms with van der Waals surface area (Å²) in [5.41, 5.74) is 2.18. The van der Waals surface area contributed by atoms with E-state index in [1.54, 1.807) is 13.0 Å². The molecule has 0 aliphatic rings. The van der Waals surface area contributed by atoms with Gasteiger partial charge in [-0.25, -0.2) is 24.0 Å². The molecule has 0 saturated carbocycles. The Morgan fingerprint density at radius 3 is 2.45 bits per heavy atom. The monoisotopic (exact) mass is 282 g/mol. The number of nitrogen functional groups attached to an aromatic ring is 1. The predicted molar refractivity (Wildman–Crippen MR) is 71.0 cm³/mol. The van der Waals surface area contributed by atoms with Crippen LogP contribution in [0.15, 0.2) is 30.3 Å². The van der Waals surface area contributed by atoms with Crippen LogP contribution in [0.1, 0.15) is 6.92 Å². The molecule has 0 bridgehead atoms. The van der Waals surface area contributed by atoms with Gasteiger partial charge in [0.15, 0.2) is 23.3 Å². The van der Waals surface area contributed by atoms with Crippen molar-refractivity contribution in [3.63, 3.8) is 0 Å². The zero-order valence-corrected chi connectivity index (χ0v) is 10.7. The Balaban J connectivity index is 2.55. The maximum atomic E-state index is 13.9. The van der Waals surface area contributed by atoms with E-state index in [0.717, 1.165) is 0 Å². The molecule has 0 amide bonds. The third kappa shape index (κ3) is 2.53. The van der Waals surface area contributed by atoms with Crippen LogP contribution in [-0.2, 0) is 0 Å². The summed E-state index contributed by atoms with van der Waals surface area (Å²) in [4.78, 5) is 5.05. The average molecular weight is 282 g/mol. The van der Waals surface area contributed by atoms with E-state index in [-0.39, 0.29) is 23.9 Å². The molecule has 0 aliphatic carbocycles. The van der Waals surface area contributed by atoms with Gasteiger partial charge in [-0.1, -0.05) is 12.1 Å². The lowest BCUT2D eigenvalue weighted by molar-refractivity contribution is 0.573. The summed E-state index contributed by atoms with van der Waals surface area (Å²) in [6.45, 7) is 1.95. The van der Waals surface area contributed by atoms with Crippen LogP contribution in [0.2, 0.25) is 0 Å². The molecule has 2 rings (SSSR count). The molecular weight excluding hydrogens is 269 g/mol. The highest BCUT2D eigenvalue weighted by atomic mass is 19.1. The fraction of sp³-hybridized carbons (Fsp3) is 0.154. The standard InChI is InChI=1S/C13H13F3N4/c1-2-20(11-6-4-3-5-8(11)14)13-10(16)7-9(15)12(18-13)19-17/h3-7H,2,17H2,1H3,(H,18,19). The SMILES string of the molecule is CCN(c1ccccc1F)c1nc(NN)c(F)cc1F. The Morgan fingerprint density at radius 2 is 1.85 bits per heavy atom. The molecule has 1 aromatic heterocycles. The van der Waals surface area contributed by atoms with Gasteiger partial charge in [-0.3, -0.25) is 0 Å². The largest absolute Gasteiger partial charge is 0.322 e. The van der Waals surface area contributed by atoms with Gasteiger partial charge in [0.2, 0.25) is 0 Å². The highest BCUT2D eigenvalue weighted by Crippen LogP contribution is 2.29. The second-order valence-electron chi connectivity index (χ2n) is 3.96. The fourth-order valence-electron chi connectivity index (χ4n) is 1.85. The Labute approximate surface area is 114 Å². The number of hydrazine groups is 1. The number of benzene rings is 1. The highest BCUT2D eigenvalue weighted by molar-refractivity contribution is 5.62. The normalized spacial score (nSPS) is 10.4. The number of pyridine rings is 1. The smallest absolute Gasteiger partial charge is 0.178 e. The Morgan fingerprint density at radius 1 is 1.15 bits per heavy atom. The number of nitrogens with one attached hydrogen (secondary N) is 1. The van der Waals surface area contributed by atoms with Crippen molar-refractivity contribution < 1.29 is 13.2 Å². The molecule has 0 saturated heterocycles. The summed E-state index contributed by atoms with van der Waals surface area (Å²) in [5.74, 6) is 2.26. The van der Waals surface area contributed by atoms with Gasteiger partial charge in [-0.05, 0) is 19.1 Å². The van der Waals surface area contributed by atoms with Gasteiger partial charge >= 0.3 is 0 Å². The topological polar surface area (TPSA) is 54.2 Å². The maximum Gasteiger partial charge on any atom is 0.178 e. The van der Waals surface area contributed by atoms with E-state index >= 15 is 0 Å². The summed E-state index contributed by atoms with van der Waals surface area (Å²) in [6.07, 6.45) is 0. The fourth-order valence-corrected chi connectivity index (χ4v) is 1.85. The van der Waals surface area contributed by atoms with E-state index in [0.29, 0.717) is 6.07 Å². The van der Waals surface area contributed by atoms with Gasteiger partial charge in [0.1, 0.15) is 5.82 Å². The minimum atomic E-state index is -0.918. The number of hydrogen-bond acceptors (Lipinski definition) is 4. The second-order valence-corrected chi connectivity index (χ2v) is 3.96. The first kappa shape index (κ1) is 14.1. The van der Waals surface area contributed by atoms with Crippen LogP contribution >= 0.6 is 0 Å². The van der Waals surface area contributed by atoms with Gasteiger partial charge in [-0.2, -0.15) is 0 Å². The summed E-state index contributed by atoms with van der Waals surface area (Å²) < 4.78 is 41.0. The maximum absolute atomic E-state index is 13.9. The predicted octanol–water partition coefficient (Wildman–Crippen LogP) is 2.94. The number of nitrogens with two attached hydrogens (primary N) is 1. The van der Waals surface area contributed by atoms with Crippen molar-refractivity contribution >= 4 is 17.3 Å². The lowest BCUT2D eigenvalue weighted by Crippen LogP contribution is -2.22. The van der Waals surface area contributed by atoms with Crippen molar-refractivity contribution in [2.75, 3.05) is 16.9 Å². The number of para-hydroxylation sites is 1. The molecule has 20 heavy (non-hydrogen) atoms. The molecule has 2 aromatic rings. The summed E-state index contributed by atoms with van der Waals surface area (Å²) in [5, 5.41) is 0. The third-order valence-electron chi connectivity index (χ3n) is 2.76. The Hall–Kier alpha value is -2.28. The summed E-state index contributed by atoms with van der Waals surface area (Å²) in [7, 11) is 0. The van der Waals surface area contributed by atoms with E-state index in [4.69, 9.17) is 5.84 Å². The van der Waals surface area contributed by atoms with E-state index in [1.165, 1.54) is 23.1 Å². The summed E-state index contributed by atoms with van der Waals surface area (Å²) >= 11 is 0. The summed E-state index contributed by atoms with van der Waals surface area (Å²) in [6, 6.07) is 6.53. The zero-order chi connectivity index (χ0) is 14.7. The molecule has 0 aliphatic heterocycles. The molecule has 7 heteroatoms. The molecule has 3 N–H and O–H groups in total. The van der Waals surface area contributed by atoms with Crippen molar-refractivity contribution in [3.8, 4) is 0 Å². The van der Waals surface area contributed by atoms with Crippen molar-refractivity contribution in [3.05, 3.63) is 47.8 Å². The molecule has 1 aromatic carbocycles. The lowest BCUT2D eigenvalue weighted by atomic mass is 10.2. The van der Waals surface area contributed by atoms with Crippen LogP contribution in [0.5, 0.6) is 0 Å². The molecule has 4 nitrogen and oxygen atoms in total. The number of nitrogens with zero attached hydrogens (tertiary/aromatic N) is 2. The average Bonchev–Trinajstić information content (AvgIpc) is 2.43. The van der Waals surface area contributed by atoms with E-state index in [2.05, 4.69) is 4.98 Å². The van der Waals surface area contributed by atoms with Gasteiger partial charge in [0, 0.05) is 12.6 Å². The van der Waals surface area contributed by atoms with Crippen LogP contribution in [0, 0.1) is 17.5 Å². The minimum Gasteiger partial charge on any atom is -0.322 e. The second kappa shape index (κ2) is 5.79. The molecule has 1 heterocycles. The quantitative estimate of drug-likeness (QED) is 0.668. The highest BCUT2D eigenvalue weighted by Gasteiger charge is 2.19. The first-order valence-electron chi connectivity index (χ1n) is 5.93. The number of aromatic nitrogens is 1. The van der Waals surface area contributed by atoms with Gasteiger partial charge < -0.3 is 10.3 Å². The van der Waals surface area contributed by atoms with Gasteiger partial charge in [-0.15, -0.1) is 0 Å². The first-order valence-corrected chi connectivity index (χ1v) is 5.93. The Kier molecular flexibility index (Phi) is 4.09. The lowest BCUT2D eigenvalue weighted by Gasteiger charge is -2.23. The van der Waals surface area contributed by atoms with Crippen LogP contribution < -0.4 is 16.2 Å². The van der Waals surface area contributed by atoms with Gasteiger partial charge in [0.05, 0.1) is 5.69 Å². The molecule has 106 valence electrons. The number of halogens is 3. The van der Waals surface area contributed by atoms with Crippen molar-refractivity contribution in [1.29, 1.82) is 0 Å². The molecule has 0 spiro atoms. The Bertz CT molecular complexity index is 619. The number of hydrogen-bond donors (Lipinski definition) is 2. The third-order valence-corrected chi connectivity index (χ3v) is 2.76. The number of rotatable bonds is 4. The number of anilines is 3. The van der Waals surface area contributed by atoms with Crippen LogP contribution in [-0.4, -0.2) is 11.5 Å². The van der Waals surface area contributed by atoms with Crippen molar-refractivity contribution in [2.24, 2.45) is 5.84 Å². The van der Waals surface area contributed by atoms with E-state index < -0.39 is 17.5 Å². The van der Waals surface area contributed by atoms with E-state index in [1.807, 2.05) is 5.43 Å². The van der Waals surface area contributed by atoms with Crippen LogP contribution in [0.4, 0.5) is 30.5 Å². The first-order chi connectivity index (χ1) is 9.58. The molecule has 0 radical (unpaired) electrons.